The van der Waals surface area contributed by atoms with Crippen LogP contribution < -0.4 is 5.32 Å². The summed E-state index contributed by atoms with van der Waals surface area (Å²) in [6, 6.07) is 8.28. The molecule has 23 heavy (non-hydrogen) atoms. The van der Waals surface area contributed by atoms with E-state index in [4.69, 9.17) is 4.74 Å². The topological polar surface area (TPSA) is 64.1 Å². The van der Waals surface area contributed by atoms with Gasteiger partial charge in [0.1, 0.15) is 5.69 Å². The van der Waals surface area contributed by atoms with E-state index >= 15 is 0 Å². The zero-order chi connectivity index (χ0) is 16.1. The Bertz CT molecular complexity index is 673. The van der Waals surface area contributed by atoms with Crippen LogP contribution in [0.1, 0.15) is 28.9 Å². The molecular formula is C17H18BrN3O2. The first-order chi connectivity index (χ1) is 11.2. The molecule has 3 rings (SSSR count). The van der Waals surface area contributed by atoms with Crippen molar-refractivity contribution in [3.05, 3.63) is 58.6 Å². The van der Waals surface area contributed by atoms with E-state index in [0.29, 0.717) is 25.5 Å². The lowest BCUT2D eigenvalue weighted by molar-refractivity contribution is 0.0486. The molecule has 1 N–H and O–H groups in total. The average Bonchev–Trinajstić information content (AvgIpc) is 2.61. The van der Waals surface area contributed by atoms with Crippen molar-refractivity contribution in [3.63, 3.8) is 0 Å². The van der Waals surface area contributed by atoms with Gasteiger partial charge in [-0.1, -0.05) is 28.1 Å². The number of halogens is 1. The monoisotopic (exact) mass is 375 g/mol. The number of ether oxygens (including phenoxy) is 1. The Hall–Kier alpha value is -1.79. The molecule has 0 spiro atoms. The first-order valence-corrected chi connectivity index (χ1v) is 8.37. The van der Waals surface area contributed by atoms with Crippen molar-refractivity contribution in [3.8, 4) is 0 Å². The van der Waals surface area contributed by atoms with Gasteiger partial charge in [0.2, 0.25) is 0 Å². The molecule has 0 saturated carbocycles. The predicted molar refractivity (Wildman–Crippen MR) is 90.2 cm³/mol. The summed E-state index contributed by atoms with van der Waals surface area (Å²) in [6.45, 7) is 1.96. The SMILES string of the molecule is O=C(NCC1(c2cccc(Br)c2)CCOCC1)c1cnccn1. The average molecular weight is 376 g/mol. The van der Waals surface area contributed by atoms with Crippen LogP contribution in [-0.4, -0.2) is 35.6 Å². The second-order valence-electron chi connectivity index (χ2n) is 5.68. The molecule has 1 fully saturated rings. The quantitative estimate of drug-likeness (QED) is 0.891. The molecule has 0 atom stereocenters. The lowest BCUT2D eigenvalue weighted by Gasteiger charge is -2.38. The molecule has 2 heterocycles. The van der Waals surface area contributed by atoms with E-state index in [1.54, 1.807) is 6.20 Å². The number of rotatable bonds is 4. The van der Waals surface area contributed by atoms with Gasteiger partial charge in [0.25, 0.3) is 5.91 Å². The van der Waals surface area contributed by atoms with Crippen LogP contribution in [0.25, 0.3) is 0 Å². The van der Waals surface area contributed by atoms with Gasteiger partial charge in [-0.25, -0.2) is 4.98 Å². The highest BCUT2D eigenvalue weighted by Crippen LogP contribution is 2.35. The Kier molecular flexibility index (Phi) is 5.03. The fourth-order valence-corrected chi connectivity index (χ4v) is 3.30. The number of carbonyl (C=O) groups excluding carboxylic acids is 1. The van der Waals surface area contributed by atoms with Gasteiger partial charge < -0.3 is 10.1 Å². The molecule has 120 valence electrons. The van der Waals surface area contributed by atoms with Gasteiger partial charge in [-0.2, -0.15) is 0 Å². The number of benzene rings is 1. The summed E-state index contributed by atoms with van der Waals surface area (Å²) in [5, 5.41) is 3.02. The fourth-order valence-electron chi connectivity index (χ4n) is 2.90. The molecule has 1 aromatic carbocycles. The van der Waals surface area contributed by atoms with Crippen LogP contribution in [0.2, 0.25) is 0 Å². The third kappa shape index (κ3) is 3.76. The molecule has 0 radical (unpaired) electrons. The maximum Gasteiger partial charge on any atom is 0.271 e. The first-order valence-electron chi connectivity index (χ1n) is 7.58. The minimum atomic E-state index is -0.195. The summed E-state index contributed by atoms with van der Waals surface area (Å²) in [7, 11) is 0. The summed E-state index contributed by atoms with van der Waals surface area (Å²) in [4.78, 5) is 20.3. The molecule has 0 aliphatic carbocycles. The highest BCUT2D eigenvalue weighted by atomic mass is 79.9. The predicted octanol–water partition coefficient (Wildman–Crippen LogP) is 2.72. The van der Waals surface area contributed by atoms with E-state index in [2.05, 4.69) is 43.3 Å². The van der Waals surface area contributed by atoms with Crippen LogP contribution in [0.3, 0.4) is 0 Å². The molecular weight excluding hydrogens is 358 g/mol. The molecule has 0 bridgehead atoms. The smallest absolute Gasteiger partial charge is 0.271 e. The number of carbonyl (C=O) groups is 1. The molecule has 0 unspecified atom stereocenters. The van der Waals surface area contributed by atoms with Crippen LogP contribution in [0.5, 0.6) is 0 Å². The zero-order valence-electron chi connectivity index (χ0n) is 12.7. The minimum Gasteiger partial charge on any atom is -0.381 e. The molecule has 6 heteroatoms. The minimum absolute atomic E-state index is 0.111. The second kappa shape index (κ2) is 7.19. The van der Waals surface area contributed by atoms with Crippen LogP contribution in [0, 0.1) is 0 Å². The number of hydrogen-bond donors (Lipinski definition) is 1. The van der Waals surface area contributed by atoms with E-state index in [9.17, 15) is 4.79 Å². The molecule has 1 amide bonds. The van der Waals surface area contributed by atoms with Crippen molar-refractivity contribution in [2.24, 2.45) is 0 Å². The Morgan fingerprint density at radius 2 is 2.13 bits per heavy atom. The normalized spacial score (nSPS) is 16.7. The van der Waals surface area contributed by atoms with E-state index in [0.717, 1.165) is 17.3 Å². The van der Waals surface area contributed by atoms with Crippen molar-refractivity contribution >= 4 is 21.8 Å². The third-order valence-electron chi connectivity index (χ3n) is 4.27. The van der Waals surface area contributed by atoms with Gasteiger partial charge in [-0.3, -0.25) is 9.78 Å². The summed E-state index contributed by atoms with van der Waals surface area (Å²) >= 11 is 3.53. The van der Waals surface area contributed by atoms with E-state index < -0.39 is 0 Å². The fraction of sp³-hybridized carbons (Fsp3) is 0.353. The number of aromatic nitrogens is 2. The number of nitrogens with one attached hydrogen (secondary N) is 1. The maximum absolute atomic E-state index is 12.3. The lowest BCUT2D eigenvalue weighted by Crippen LogP contribution is -2.44. The van der Waals surface area contributed by atoms with Gasteiger partial charge in [-0.15, -0.1) is 0 Å². The Morgan fingerprint density at radius 1 is 1.30 bits per heavy atom. The Labute approximate surface area is 143 Å². The highest BCUT2D eigenvalue weighted by molar-refractivity contribution is 9.10. The van der Waals surface area contributed by atoms with Crippen molar-refractivity contribution < 1.29 is 9.53 Å². The van der Waals surface area contributed by atoms with E-state index in [1.165, 1.54) is 18.0 Å². The van der Waals surface area contributed by atoms with Gasteiger partial charge in [-0.05, 0) is 30.5 Å². The van der Waals surface area contributed by atoms with E-state index in [1.807, 2.05) is 12.1 Å². The largest absolute Gasteiger partial charge is 0.381 e. The summed E-state index contributed by atoms with van der Waals surface area (Å²) in [5.41, 5.74) is 1.44. The van der Waals surface area contributed by atoms with Crippen LogP contribution in [0.15, 0.2) is 47.3 Å². The molecule has 1 saturated heterocycles. The van der Waals surface area contributed by atoms with Gasteiger partial charge >= 0.3 is 0 Å². The Morgan fingerprint density at radius 3 is 2.83 bits per heavy atom. The third-order valence-corrected chi connectivity index (χ3v) is 4.76. The molecule has 1 aliphatic rings. The molecule has 5 nitrogen and oxygen atoms in total. The first kappa shape index (κ1) is 16.1. The second-order valence-corrected chi connectivity index (χ2v) is 6.59. The van der Waals surface area contributed by atoms with Gasteiger partial charge in [0, 0.05) is 42.0 Å². The lowest BCUT2D eigenvalue weighted by atomic mass is 9.74. The molecule has 1 aromatic heterocycles. The number of nitrogens with zero attached hydrogens (tertiary/aromatic N) is 2. The molecule has 1 aliphatic heterocycles. The van der Waals surface area contributed by atoms with Crippen molar-refractivity contribution in [2.45, 2.75) is 18.3 Å². The number of hydrogen-bond acceptors (Lipinski definition) is 4. The highest BCUT2D eigenvalue weighted by Gasteiger charge is 2.35. The van der Waals surface area contributed by atoms with Gasteiger partial charge in [0.15, 0.2) is 0 Å². The van der Waals surface area contributed by atoms with Crippen molar-refractivity contribution in [1.82, 2.24) is 15.3 Å². The summed E-state index contributed by atoms with van der Waals surface area (Å²) in [5.74, 6) is -0.195. The van der Waals surface area contributed by atoms with Crippen molar-refractivity contribution in [1.29, 1.82) is 0 Å². The zero-order valence-corrected chi connectivity index (χ0v) is 14.3. The van der Waals surface area contributed by atoms with Crippen molar-refractivity contribution in [2.75, 3.05) is 19.8 Å². The Balaban J connectivity index is 1.79. The van der Waals surface area contributed by atoms with Gasteiger partial charge in [0.05, 0.1) is 6.20 Å². The number of amides is 1. The summed E-state index contributed by atoms with van der Waals surface area (Å²) < 4.78 is 6.56. The van der Waals surface area contributed by atoms with Crippen LogP contribution >= 0.6 is 15.9 Å². The van der Waals surface area contributed by atoms with Crippen LogP contribution in [-0.2, 0) is 10.2 Å². The standard InChI is InChI=1S/C17H18BrN3O2/c18-14-3-1-2-13(10-14)17(4-8-23-9-5-17)12-21-16(22)15-11-19-6-7-20-15/h1-3,6-7,10-11H,4-5,8-9,12H2,(H,21,22). The summed E-state index contributed by atoms with van der Waals surface area (Å²) in [6.07, 6.45) is 6.31. The van der Waals surface area contributed by atoms with Crippen LogP contribution in [0.4, 0.5) is 0 Å². The maximum atomic E-state index is 12.3. The van der Waals surface area contributed by atoms with E-state index in [-0.39, 0.29) is 11.3 Å². The molecule has 2 aromatic rings.